The molecule has 2 rings (SSSR count). The minimum absolute atomic E-state index is 0.182. The zero-order valence-corrected chi connectivity index (χ0v) is 15.0. The van der Waals surface area contributed by atoms with Crippen LogP contribution < -0.4 is 0 Å². The summed E-state index contributed by atoms with van der Waals surface area (Å²) in [4.78, 5) is 15.3. The van der Waals surface area contributed by atoms with Crippen molar-refractivity contribution in [2.75, 3.05) is 6.54 Å². The van der Waals surface area contributed by atoms with Gasteiger partial charge >= 0.3 is 0 Å². The van der Waals surface area contributed by atoms with E-state index in [0.717, 1.165) is 20.1 Å². The van der Waals surface area contributed by atoms with Crippen LogP contribution in [-0.4, -0.2) is 17.4 Å². The van der Waals surface area contributed by atoms with Gasteiger partial charge in [0.2, 0.25) is 5.91 Å². The molecule has 0 aliphatic carbocycles. The molecule has 0 saturated heterocycles. The van der Waals surface area contributed by atoms with Gasteiger partial charge in [0.15, 0.2) is 0 Å². The molecule has 0 atom stereocenters. The Kier molecular flexibility index (Phi) is 6.27. The van der Waals surface area contributed by atoms with Gasteiger partial charge in [-0.3, -0.25) is 4.79 Å². The topological polar surface area (TPSA) is 20.3 Å². The molecule has 5 heteroatoms. The highest BCUT2D eigenvalue weighted by Gasteiger charge is 2.13. The van der Waals surface area contributed by atoms with E-state index in [1.807, 2.05) is 42.2 Å². The Labute approximate surface area is 142 Å². The van der Waals surface area contributed by atoms with Crippen molar-refractivity contribution in [2.24, 2.45) is 0 Å². The molecule has 21 heavy (non-hydrogen) atoms. The lowest BCUT2D eigenvalue weighted by Crippen LogP contribution is -2.30. The van der Waals surface area contributed by atoms with Crippen LogP contribution in [0.15, 0.2) is 40.9 Å². The first-order valence-electron chi connectivity index (χ1n) is 6.85. The van der Waals surface area contributed by atoms with Crippen molar-refractivity contribution in [1.82, 2.24) is 4.90 Å². The molecule has 0 unspecified atom stereocenters. The van der Waals surface area contributed by atoms with Gasteiger partial charge in [-0.15, -0.1) is 11.3 Å². The molecule has 0 spiro atoms. The van der Waals surface area contributed by atoms with E-state index in [9.17, 15) is 4.79 Å². The first-order chi connectivity index (χ1) is 10.1. The lowest BCUT2D eigenvalue weighted by atomic mass is 10.1. The van der Waals surface area contributed by atoms with Gasteiger partial charge < -0.3 is 4.90 Å². The van der Waals surface area contributed by atoms with Crippen LogP contribution in [0, 0.1) is 0 Å². The lowest BCUT2D eigenvalue weighted by molar-refractivity contribution is -0.131. The molecule has 2 nitrogen and oxygen atoms in total. The van der Waals surface area contributed by atoms with Crippen LogP contribution in [0.4, 0.5) is 0 Å². The molecular formula is C16H17BrClNOS. The fourth-order valence-electron chi connectivity index (χ4n) is 2.10. The summed E-state index contributed by atoms with van der Waals surface area (Å²) in [5.41, 5.74) is 1.17. The van der Waals surface area contributed by atoms with Crippen LogP contribution >= 0.6 is 38.9 Å². The molecule has 0 radical (unpaired) electrons. The number of halogens is 2. The van der Waals surface area contributed by atoms with Crippen molar-refractivity contribution in [3.8, 4) is 0 Å². The van der Waals surface area contributed by atoms with Crippen molar-refractivity contribution in [1.29, 1.82) is 0 Å². The third-order valence-corrected chi connectivity index (χ3v) is 4.94. The Morgan fingerprint density at radius 1 is 1.33 bits per heavy atom. The summed E-state index contributed by atoms with van der Waals surface area (Å²) in [6.45, 7) is 3.37. The Bertz CT molecular complexity index is 614. The molecule has 1 aromatic carbocycles. The highest BCUT2D eigenvalue weighted by molar-refractivity contribution is 9.10. The van der Waals surface area contributed by atoms with Crippen LogP contribution in [0.2, 0.25) is 4.34 Å². The molecule has 1 aromatic heterocycles. The number of amides is 1. The summed E-state index contributed by atoms with van der Waals surface area (Å²) < 4.78 is 1.82. The first kappa shape index (κ1) is 16.5. The second-order valence-corrected chi connectivity index (χ2v) is 7.46. The van der Waals surface area contributed by atoms with E-state index < -0.39 is 0 Å². The maximum absolute atomic E-state index is 12.3. The van der Waals surface area contributed by atoms with Crippen LogP contribution in [0.1, 0.15) is 23.8 Å². The van der Waals surface area contributed by atoms with Crippen molar-refractivity contribution >= 4 is 44.8 Å². The van der Waals surface area contributed by atoms with Crippen LogP contribution in [-0.2, 0) is 17.8 Å². The molecule has 2 aromatic rings. The molecule has 1 heterocycles. The molecule has 0 fully saturated rings. The van der Waals surface area contributed by atoms with Gasteiger partial charge in [-0.05, 0) is 43.2 Å². The normalized spacial score (nSPS) is 10.6. The standard InChI is InChI=1S/C16H17BrClNOS/c1-2-19(11-14-7-8-15(18)21-14)16(20)9-6-12-4-3-5-13(17)10-12/h3-5,7-8,10H,2,6,9,11H2,1H3. The van der Waals surface area contributed by atoms with Crippen molar-refractivity contribution in [3.63, 3.8) is 0 Å². The quantitative estimate of drug-likeness (QED) is 0.672. The van der Waals surface area contributed by atoms with Gasteiger partial charge in [-0.25, -0.2) is 0 Å². The van der Waals surface area contributed by atoms with E-state index in [1.54, 1.807) is 0 Å². The SMILES string of the molecule is CCN(Cc1ccc(Cl)s1)C(=O)CCc1cccc(Br)c1. The number of hydrogen-bond acceptors (Lipinski definition) is 2. The Balaban J connectivity index is 1.91. The van der Waals surface area contributed by atoms with Gasteiger partial charge in [-0.2, -0.15) is 0 Å². The number of carbonyl (C=O) groups excluding carboxylic acids is 1. The van der Waals surface area contributed by atoms with E-state index in [4.69, 9.17) is 11.6 Å². The summed E-state index contributed by atoms with van der Waals surface area (Å²) in [7, 11) is 0. The molecule has 0 aliphatic rings. The molecule has 1 amide bonds. The van der Waals surface area contributed by atoms with Gasteiger partial charge in [0, 0.05) is 22.3 Å². The number of hydrogen-bond donors (Lipinski definition) is 0. The zero-order chi connectivity index (χ0) is 15.2. The van der Waals surface area contributed by atoms with Gasteiger partial charge in [0.05, 0.1) is 10.9 Å². The van der Waals surface area contributed by atoms with Crippen LogP contribution in [0.25, 0.3) is 0 Å². The van der Waals surface area contributed by atoms with E-state index in [2.05, 4.69) is 22.0 Å². The third-order valence-electron chi connectivity index (χ3n) is 3.23. The predicted molar refractivity (Wildman–Crippen MR) is 92.9 cm³/mol. The summed E-state index contributed by atoms with van der Waals surface area (Å²) in [5, 5.41) is 0. The fraction of sp³-hybridized carbons (Fsp3) is 0.312. The van der Waals surface area contributed by atoms with Crippen LogP contribution in [0.3, 0.4) is 0 Å². The summed E-state index contributed by atoms with van der Waals surface area (Å²) in [6.07, 6.45) is 1.30. The number of rotatable bonds is 6. The fourth-order valence-corrected chi connectivity index (χ4v) is 3.65. The van der Waals surface area contributed by atoms with E-state index >= 15 is 0 Å². The summed E-state index contributed by atoms with van der Waals surface area (Å²) in [6, 6.07) is 12.0. The molecule has 0 saturated carbocycles. The zero-order valence-electron chi connectivity index (χ0n) is 11.8. The largest absolute Gasteiger partial charge is 0.338 e. The number of carbonyl (C=O) groups is 1. The Morgan fingerprint density at radius 3 is 2.76 bits per heavy atom. The minimum atomic E-state index is 0.182. The molecule has 0 N–H and O–H groups in total. The maximum Gasteiger partial charge on any atom is 0.223 e. The first-order valence-corrected chi connectivity index (χ1v) is 8.83. The molecule has 0 aliphatic heterocycles. The second kappa shape index (κ2) is 7.97. The highest BCUT2D eigenvalue weighted by Crippen LogP contribution is 2.23. The predicted octanol–water partition coefficient (Wildman–Crippen LogP) is 5.15. The van der Waals surface area contributed by atoms with Crippen molar-refractivity contribution in [2.45, 2.75) is 26.3 Å². The highest BCUT2D eigenvalue weighted by atomic mass is 79.9. The number of nitrogens with zero attached hydrogens (tertiary/aromatic N) is 1. The van der Waals surface area contributed by atoms with E-state index in [1.165, 1.54) is 16.9 Å². The number of thiophene rings is 1. The lowest BCUT2D eigenvalue weighted by Gasteiger charge is -2.20. The van der Waals surface area contributed by atoms with E-state index in [-0.39, 0.29) is 5.91 Å². The van der Waals surface area contributed by atoms with Gasteiger partial charge in [0.25, 0.3) is 0 Å². The van der Waals surface area contributed by atoms with Gasteiger partial charge in [0.1, 0.15) is 0 Å². The molecular weight excluding hydrogens is 370 g/mol. The summed E-state index contributed by atoms with van der Waals surface area (Å²) in [5.74, 6) is 0.182. The second-order valence-electron chi connectivity index (χ2n) is 4.74. The maximum atomic E-state index is 12.3. The number of aryl methyl sites for hydroxylation is 1. The van der Waals surface area contributed by atoms with E-state index in [0.29, 0.717) is 19.5 Å². The average Bonchev–Trinajstić information content (AvgIpc) is 2.87. The summed E-state index contributed by atoms with van der Waals surface area (Å²) >= 11 is 10.9. The monoisotopic (exact) mass is 385 g/mol. The third kappa shape index (κ3) is 5.13. The minimum Gasteiger partial charge on any atom is -0.338 e. The Hall–Kier alpha value is -0.840. The van der Waals surface area contributed by atoms with Gasteiger partial charge in [-0.1, -0.05) is 39.7 Å². The Morgan fingerprint density at radius 2 is 2.14 bits per heavy atom. The smallest absolute Gasteiger partial charge is 0.223 e. The molecule has 0 bridgehead atoms. The number of benzene rings is 1. The van der Waals surface area contributed by atoms with Crippen LogP contribution in [0.5, 0.6) is 0 Å². The van der Waals surface area contributed by atoms with Crippen molar-refractivity contribution < 1.29 is 4.79 Å². The average molecular weight is 387 g/mol. The molecule has 112 valence electrons. The van der Waals surface area contributed by atoms with Crippen molar-refractivity contribution in [3.05, 3.63) is 55.6 Å².